The minimum absolute atomic E-state index is 0.223. The van der Waals surface area contributed by atoms with E-state index < -0.39 is 0 Å². The zero-order valence-electron chi connectivity index (χ0n) is 17.1. The number of rotatable bonds is 5. The molecule has 1 saturated heterocycles. The third-order valence-corrected chi connectivity index (χ3v) is 7.68. The molecule has 3 aromatic rings. The van der Waals surface area contributed by atoms with Crippen LogP contribution in [0.15, 0.2) is 33.9 Å². The highest BCUT2D eigenvalue weighted by molar-refractivity contribution is 7.20. The number of thiophene rings is 1. The van der Waals surface area contributed by atoms with E-state index in [1.54, 1.807) is 20.3 Å². The maximum absolute atomic E-state index is 12.9. The predicted molar refractivity (Wildman–Crippen MR) is 117 cm³/mol. The van der Waals surface area contributed by atoms with Gasteiger partial charge < -0.3 is 19.8 Å². The van der Waals surface area contributed by atoms with Gasteiger partial charge in [-0.15, -0.1) is 0 Å². The molecule has 2 aliphatic rings. The number of aromatic amines is 1. The van der Waals surface area contributed by atoms with E-state index in [1.807, 2.05) is 6.07 Å². The number of fused-ring (bicyclic) bond motifs is 4. The van der Waals surface area contributed by atoms with E-state index in [2.05, 4.69) is 22.4 Å². The topological polar surface area (TPSA) is 85.3 Å². The Labute approximate surface area is 177 Å². The van der Waals surface area contributed by atoms with Gasteiger partial charge in [-0.25, -0.2) is 4.79 Å². The number of H-pyrrole nitrogens is 1. The molecule has 1 fully saturated rings. The molecule has 0 bridgehead atoms. The average Bonchev–Trinajstić information content (AvgIpc) is 3.37. The van der Waals surface area contributed by atoms with E-state index in [0.717, 1.165) is 31.6 Å². The van der Waals surface area contributed by atoms with E-state index >= 15 is 0 Å². The number of hydrogen-bond donors (Lipinski definition) is 2. The van der Waals surface area contributed by atoms with E-state index in [0.29, 0.717) is 33.7 Å². The Morgan fingerprint density at radius 3 is 2.90 bits per heavy atom. The van der Waals surface area contributed by atoms with Crippen LogP contribution in [0.5, 0.6) is 10.8 Å². The van der Waals surface area contributed by atoms with E-state index in [-0.39, 0.29) is 17.3 Å². The van der Waals surface area contributed by atoms with E-state index in [1.165, 1.54) is 27.0 Å². The fourth-order valence-corrected chi connectivity index (χ4v) is 6.07. The van der Waals surface area contributed by atoms with Crippen LogP contribution in [0.3, 0.4) is 0 Å². The summed E-state index contributed by atoms with van der Waals surface area (Å²) in [5.41, 5.74) is 2.57. The second-order valence-corrected chi connectivity index (χ2v) is 9.07. The molecule has 30 heavy (non-hydrogen) atoms. The second-order valence-electron chi connectivity index (χ2n) is 8.06. The van der Waals surface area contributed by atoms with E-state index in [4.69, 9.17) is 9.47 Å². The summed E-state index contributed by atoms with van der Waals surface area (Å²) >= 11 is 1.26. The van der Waals surface area contributed by atoms with Gasteiger partial charge in [0.1, 0.15) is 10.4 Å². The molecule has 1 aromatic carbocycles. The Balaban J connectivity index is 1.43. The van der Waals surface area contributed by atoms with Crippen LogP contribution in [-0.2, 0) is 13.0 Å². The SMILES string of the molecule is COc1cc2[nH]c(=O)n(CCC3NCC4CCc5c(OC)cccc5C43)c(=O)c2s1. The molecular formula is C22H25N3O4S. The molecule has 7 nitrogen and oxygen atoms in total. The van der Waals surface area contributed by atoms with Crippen LogP contribution in [-0.4, -0.2) is 36.4 Å². The summed E-state index contributed by atoms with van der Waals surface area (Å²) in [6.45, 7) is 1.35. The van der Waals surface area contributed by atoms with Crippen LogP contribution >= 0.6 is 11.3 Å². The average molecular weight is 428 g/mol. The summed E-state index contributed by atoms with van der Waals surface area (Å²) in [6, 6.07) is 8.21. The molecule has 5 rings (SSSR count). The van der Waals surface area contributed by atoms with Gasteiger partial charge in [-0.1, -0.05) is 23.5 Å². The minimum atomic E-state index is -0.367. The lowest BCUT2D eigenvalue weighted by Crippen LogP contribution is -2.37. The fourth-order valence-electron chi connectivity index (χ4n) is 5.19. The third-order valence-electron chi connectivity index (χ3n) is 6.60. The normalized spacial score (nSPS) is 22.7. The van der Waals surface area contributed by atoms with Gasteiger partial charge in [-0.2, -0.15) is 0 Å². The van der Waals surface area contributed by atoms with Crippen molar-refractivity contribution in [2.24, 2.45) is 5.92 Å². The van der Waals surface area contributed by atoms with Crippen LogP contribution in [0, 0.1) is 5.92 Å². The summed E-state index contributed by atoms with van der Waals surface area (Å²) in [6.07, 6.45) is 2.88. The molecule has 2 aromatic heterocycles. The molecule has 3 heterocycles. The Morgan fingerprint density at radius 1 is 1.23 bits per heavy atom. The molecule has 2 N–H and O–H groups in total. The summed E-state index contributed by atoms with van der Waals surface area (Å²) in [5, 5.41) is 4.27. The zero-order valence-corrected chi connectivity index (χ0v) is 17.9. The molecule has 1 aliphatic heterocycles. The summed E-state index contributed by atoms with van der Waals surface area (Å²) in [5.74, 6) is 1.92. The van der Waals surface area contributed by atoms with Gasteiger partial charge in [0.2, 0.25) is 0 Å². The van der Waals surface area contributed by atoms with Crippen molar-refractivity contribution in [3.63, 3.8) is 0 Å². The van der Waals surface area contributed by atoms with Gasteiger partial charge >= 0.3 is 5.69 Å². The quantitative estimate of drug-likeness (QED) is 0.653. The lowest BCUT2D eigenvalue weighted by molar-refractivity contribution is 0.371. The van der Waals surface area contributed by atoms with Crippen LogP contribution in [0.25, 0.3) is 10.2 Å². The second kappa shape index (κ2) is 7.59. The Kier molecular flexibility index (Phi) is 4.91. The highest BCUT2D eigenvalue weighted by Crippen LogP contribution is 2.45. The molecule has 0 amide bonds. The van der Waals surface area contributed by atoms with Crippen molar-refractivity contribution >= 4 is 21.6 Å². The highest BCUT2D eigenvalue weighted by Gasteiger charge is 2.40. The summed E-state index contributed by atoms with van der Waals surface area (Å²) < 4.78 is 12.6. The van der Waals surface area contributed by atoms with Crippen LogP contribution in [0.4, 0.5) is 0 Å². The molecule has 3 atom stereocenters. The number of aromatic nitrogens is 2. The first-order chi connectivity index (χ1) is 14.6. The molecule has 3 unspecified atom stereocenters. The van der Waals surface area contributed by atoms with Crippen molar-refractivity contribution in [2.75, 3.05) is 20.8 Å². The van der Waals surface area contributed by atoms with Gasteiger partial charge in [0.15, 0.2) is 5.06 Å². The molecule has 158 valence electrons. The van der Waals surface area contributed by atoms with Gasteiger partial charge in [-0.3, -0.25) is 9.36 Å². The third kappa shape index (κ3) is 3.06. The zero-order chi connectivity index (χ0) is 20.8. The lowest BCUT2D eigenvalue weighted by Gasteiger charge is -2.32. The number of nitrogens with one attached hydrogen (secondary N) is 2. The molecule has 0 radical (unpaired) electrons. The molecule has 8 heteroatoms. The highest BCUT2D eigenvalue weighted by atomic mass is 32.1. The van der Waals surface area contributed by atoms with Crippen molar-refractivity contribution in [3.8, 4) is 10.8 Å². The first kappa shape index (κ1) is 19.4. The largest absolute Gasteiger partial charge is 0.496 e. The van der Waals surface area contributed by atoms with Crippen molar-refractivity contribution < 1.29 is 9.47 Å². The number of nitrogens with zero attached hydrogens (tertiary/aromatic N) is 1. The predicted octanol–water partition coefficient (Wildman–Crippen LogP) is 2.48. The number of benzene rings is 1. The van der Waals surface area contributed by atoms with Gasteiger partial charge in [0, 0.05) is 24.6 Å². The van der Waals surface area contributed by atoms with Crippen LogP contribution in [0.2, 0.25) is 0 Å². The Bertz CT molecular complexity index is 1210. The fraction of sp³-hybridized carbons (Fsp3) is 0.455. The molecule has 0 spiro atoms. The first-order valence-corrected chi connectivity index (χ1v) is 11.1. The summed E-state index contributed by atoms with van der Waals surface area (Å²) in [4.78, 5) is 28.3. The maximum Gasteiger partial charge on any atom is 0.328 e. The van der Waals surface area contributed by atoms with Gasteiger partial charge in [0.25, 0.3) is 5.56 Å². The van der Waals surface area contributed by atoms with Crippen LogP contribution in [0.1, 0.15) is 29.9 Å². The smallest absolute Gasteiger partial charge is 0.328 e. The minimum Gasteiger partial charge on any atom is -0.496 e. The van der Waals surface area contributed by atoms with E-state index in [9.17, 15) is 9.59 Å². The van der Waals surface area contributed by atoms with Crippen molar-refractivity contribution in [1.29, 1.82) is 0 Å². The number of methoxy groups -OCH3 is 2. The van der Waals surface area contributed by atoms with Crippen molar-refractivity contribution in [2.45, 2.75) is 37.8 Å². The van der Waals surface area contributed by atoms with Gasteiger partial charge in [-0.05, 0) is 48.9 Å². The van der Waals surface area contributed by atoms with Gasteiger partial charge in [0.05, 0.1) is 19.7 Å². The van der Waals surface area contributed by atoms with Crippen molar-refractivity contribution in [3.05, 3.63) is 56.2 Å². The summed E-state index contributed by atoms with van der Waals surface area (Å²) in [7, 11) is 3.28. The lowest BCUT2D eigenvalue weighted by atomic mass is 9.73. The Morgan fingerprint density at radius 2 is 2.10 bits per heavy atom. The van der Waals surface area contributed by atoms with Crippen molar-refractivity contribution in [1.82, 2.24) is 14.9 Å². The first-order valence-electron chi connectivity index (χ1n) is 10.3. The number of ether oxygens (including phenoxy) is 2. The Hall–Kier alpha value is -2.58. The number of hydrogen-bond acceptors (Lipinski definition) is 6. The molecular weight excluding hydrogens is 402 g/mol. The standard InChI is InChI=1S/C22H25N3O4S/c1-28-17-5-3-4-14-13(17)7-6-12-11-23-15(19(12)14)8-9-25-21(26)20-16(24-22(25)27)10-18(29-2)30-20/h3-5,10,12,15,19,23H,6-9,11H2,1-2H3,(H,24,27). The molecule has 0 saturated carbocycles. The van der Waals surface area contributed by atoms with Crippen LogP contribution < -0.4 is 26.0 Å². The monoisotopic (exact) mass is 427 g/mol. The maximum atomic E-state index is 12.9. The molecule has 1 aliphatic carbocycles.